The molecular weight excluding hydrogens is 499 g/mol. The van der Waals surface area contributed by atoms with Crippen LogP contribution in [-0.4, -0.2) is 56.8 Å². The topological polar surface area (TPSA) is 115 Å². The van der Waals surface area contributed by atoms with E-state index in [0.717, 1.165) is 11.1 Å². The Labute approximate surface area is 228 Å². The Balaban J connectivity index is 1.48. The van der Waals surface area contributed by atoms with Gasteiger partial charge in [-0.05, 0) is 81.0 Å². The molecule has 2 amide bonds. The van der Waals surface area contributed by atoms with Crippen LogP contribution in [0.3, 0.4) is 0 Å². The van der Waals surface area contributed by atoms with Crippen LogP contribution in [0.1, 0.15) is 72.3 Å². The number of H-pyrrole nitrogens is 1. The number of carbonyl (C=O) groups excluding carboxylic acids is 2. The predicted molar refractivity (Wildman–Crippen MR) is 147 cm³/mol. The molecule has 1 unspecified atom stereocenters. The Bertz CT molecular complexity index is 1380. The summed E-state index contributed by atoms with van der Waals surface area (Å²) in [6.45, 7) is 7.12. The molecule has 1 fully saturated rings. The fourth-order valence-electron chi connectivity index (χ4n) is 6.02. The van der Waals surface area contributed by atoms with E-state index in [0.29, 0.717) is 48.9 Å². The first kappa shape index (κ1) is 28.4. The molecular formula is C30H37FN4O4. The Morgan fingerprint density at radius 2 is 2.03 bits per heavy atom. The standard InChI is InChI=1S/C30H37FN4O4/c1-5-30(18-36)12-10-25(29(4)11-6-7-24(31)16-29)35(30)26(37)17-32-27(38)22-9-8-21(19(2)13-22)15-23-14-20(3)33-34-28(23)39/h6-9,13-14,16,25,36H,5,10-12,15,17-18H2,1-4H3,(H,32,38)(H,34,39)/t25-,29?,30-/m0/s1. The Morgan fingerprint density at radius 1 is 1.26 bits per heavy atom. The lowest BCUT2D eigenvalue weighted by Gasteiger charge is -2.45. The van der Waals surface area contributed by atoms with Gasteiger partial charge < -0.3 is 15.3 Å². The van der Waals surface area contributed by atoms with Gasteiger partial charge in [-0.1, -0.05) is 26.0 Å². The number of halogens is 1. The van der Waals surface area contributed by atoms with Crippen molar-refractivity contribution in [2.75, 3.05) is 13.2 Å². The summed E-state index contributed by atoms with van der Waals surface area (Å²) in [7, 11) is 0. The summed E-state index contributed by atoms with van der Waals surface area (Å²) < 4.78 is 14.2. The lowest BCUT2D eigenvalue weighted by Crippen LogP contribution is -2.58. The molecule has 1 saturated heterocycles. The summed E-state index contributed by atoms with van der Waals surface area (Å²) in [5.41, 5.74) is 1.86. The summed E-state index contributed by atoms with van der Waals surface area (Å²) in [6.07, 6.45) is 7.59. The molecule has 2 heterocycles. The number of amides is 2. The number of likely N-dealkylation sites (tertiary alicyclic amines) is 1. The number of rotatable bonds is 8. The first-order valence-electron chi connectivity index (χ1n) is 13.4. The lowest BCUT2D eigenvalue weighted by atomic mass is 9.75. The third-order valence-corrected chi connectivity index (χ3v) is 8.38. The van der Waals surface area contributed by atoms with Crippen LogP contribution < -0.4 is 10.9 Å². The van der Waals surface area contributed by atoms with Crippen molar-refractivity contribution in [2.24, 2.45) is 5.41 Å². The summed E-state index contributed by atoms with van der Waals surface area (Å²) in [5.74, 6) is -1.02. The largest absolute Gasteiger partial charge is 0.394 e. The predicted octanol–water partition coefficient (Wildman–Crippen LogP) is 3.66. The van der Waals surface area contributed by atoms with Crippen LogP contribution in [0.15, 0.2) is 53.1 Å². The van der Waals surface area contributed by atoms with Crippen LogP contribution >= 0.6 is 0 Å². The molecule has 4 rings (SSSR count). The van der Waals surface area contributed by atoms with E-state index in [2.05, 4.69) is 15.5 Å². The van der Waals surface area contributed by atoms with Gasteiger partial charge in [0, 0.05) is 29.0 Å². The summed E-state index contributed by atoms with van der Waals surface area (Å²) in [6, 6.07) is 6.67. The van der Waals surface area contributed by atoms with E-state index in [1.165, 1.54) is 6.08 Å². The number of carbonyl (C=O) groups is 2. The molecule has 1 aliphatic heterocycles. The third-order valence-electron chi connectivity index (χ3n) is 8.38. The highest BCUT2D eigenvalue weighted by atomic mass is 19.1. The minimum absolute atomic E-state index is 0.196. The molecule has 0 spiro atoms. The van der Waals surface area contributed by atoms with E-state index in [-0.39, 0.29) is 36.5 Å². The van der Waals surface area contributed by atoms with Gasteiger partial charge in [0.15, 0.2) is 0 Å². The minimum Gasteiger partial charge on any atom is -0.394 e. The normalized spacial score (nSPS) is 24.5. The van der Waals surface area contributed by atoms with Gasteiger partial charge in [-0.2, -0.15) is 5.10 Å². The number of aromatic amines is 1. The van der Waals surface area contributed by atoms with E-state index in [9.17, 15) is 23.9 Å². The van der Waals surface area contributed by atoms with Gasteiger partial charge in [-0.15, -0.1) is 0 Å². The van der Waals surface area contributed by atoms with Crippen LogP contribution in [0.2, 0.25) is 0 Å². The molecule has 1 aliphatic carbocycles. The number of hydrogen-bond donors (Lipinski definition) is 3. The van der Waals surface area contributed by atoms with Crippen molar-refractivity contribution in [3.63, 3.8) is 0 Å². The van der Waals surface area contributed by atoms with Crippen LogP contribution in [0, 0.1) is 19.3 Å². The molecule has 8 nitrogen and oxygen atoms in total. The fraction of sp³-hybridized carbons (Fsp3) is 0.467. The number of aryl methyl sites for hydroxylation is 2. The van der Waals surface area contributed by atoms with Crippen molar-refractivity contribution in [3.05, 3.63) is 86.6 Å². The molecule has 3 atom stereocenters. The molecule has 3 N–H and O–H groups in total. The second-order valence-electron chi connectivity index (χ2n) is 11.1. The first-order chi connectivity index (χ1) is 18.5. The van der Waals surface area contributed by atoms with Gasteiger partial charge in [-0.3, -0.25) is 14.4 Å². The van der Waals surface area contributed by atoms with Crippen molar-refractivity contribution >= 4 is 11.8 Å². The maximum atomic E-state index is 14.2. The molecule has 0 saturated carbocycles. The number of aliphatic hydroxyl groups excluding tert-OH is 1. The van der Waals surface area contributed by atoms with E-state index in [4.69, 9.17) is 0 Å². The number of aromatic nitrogens is 2. The van der Waals surface area contributed by atoms with Crippen molar-refractivity contribution in [2.45, 2.75) is 71.4 Å². The first-order valence-corrected chi connectivity index (χ1v) is 13.4. The van der Waals surface area contributed by atoms with Crippen LogP contribution in [0.4, 0.5) is 4.39 Å². The SMILES string of the molecule is CC[C@@]1(CO)CC[C@@H](C2(C)C=C(F)C=CC2)N1C(=O)CNC(=O)c1ccc(Cc2cc(C)n[nH]c2=O)c(C)c1. The minimum atomic E-state index is -0.748. The van der Waals surface area contributed by atoms with E-state index < -0.39 is 16.9 Å². The van der Waals surface area contributed by atoms with E-state index >= 15 is 0 Å². The molecule has 9 heteroatoms. The highest BCUT2D eigenvalue weighted by Crippen LogP contribution is 2.47. The van der Waals surface area contributed by atoms with Gasteiger partial charge in [-0.25, -0.2) is 9.49 Å². The molecule has 208 valence electrons. The maximum Gasteiger partial charge on any atom is 0.267 e. The van der Waals surface area contributed by atoms with Gasteiger partial charge >= 0.3 is 0 Å². The van der Waals surface area contributed by atoms with Gasteiger partial charge in [0.05, 0.1) is 24.4 Å². The number of hydrogen-bond acceptors (Lipinski definition) is 5. The smallest absolute Gasteiger partial charge is 0.267 e. The number of benzene rings is 1. The van der Waals surface area contributed by atoms with Gasteiger partial charge in [0.1, 0.15) is 5.83 Å². The Kier molecular flexibility index (Phi) is 8.20. The molecule has 1 aromatic heterocycles. The number of nitrogens with zero attached hydrogens (tertiary/aromatic N) is 2. The van der Waals surface area contributed by atoms with Crippen molar-refractivity contribution in [3.8, 4) is 0 Å². The molecule has 2 aromatic rings. The number of nitrogens with one attached hydrogen (secondary N) is 2. The van der Waals surface area contributed by atoms with Gasteiger partial charge in [0.25, 0.3) is 11.5 Å². The quantitative estimate of drug-likeness (QED) is 0.476. The Hall–Kier alpha value is -3.59. The molecule has 0 radical (unpaired) electrons. The highest BCUT2D eigenvalue weighted by molar-refractivity contribution is 5.96. The highest BCUT2D eigenvalue weighted by Gasteiger charge is 2.52. The monoisotopic (exact) mass is 536 g/mol. The zero-order valence-electron chi connectivity index (χ0n) is 23.0. The molecule has 0 bridgehead atoms. The van der Waals surface area contributed by atoms with Crippen molar-refractivity contribution in [1.29, 1.82) is 0 Å². The van der Waals surface area contributed by atoms with Gasteiger partial charge in [0.2, 0.25) is 5.91 Å². The zero-order valence-corrected chi connectivity index (χ0v) is 23.0. The van der Waals surface area contributed by atoms with E-state index in [1.807, 2.05) is 26.8 Å². The number of aliphatic hydroxyl groups is 1. The van der Waals surface area contributed by atoms with Crippen LogP contribution in [0.5, 0.6) is 0 Å². The third kappa shape index (κ3) is 5.73. The maximum absolute atomic E-state index is 14.2. The second-order valence-corrected chi connectivity index (χ2v) is 11.1. The molecule has 1 aromatic carbocycles. The molecule has 39 heavy (non-hydrogen) atoms. The lowest BCUT2D eigenvalue weighted by molar-refractivity contribution is -0.141. The molecule has 2 aliphatic rings. The van der Waals surface area contributed by atoms with Crippen molar-refractivity contribution in [1.82, 2.24) is 20.4 Å². The average Bonchev–Trinajstić information content (AvgIpc) is 3.31. The average molecular weight is 537 g/mol. The second kappa shape index (κ2) is 11.3. The number of allylic oxidation sites excluding steroid dienone is 3. The Morgan fingerprint density at radius 3 is 2.69 bits per heavy atom. The zero-order chi connectivity index (χ0) is 28.4. The summed E-state index contributed by atoms with van der Waals surface area (Å²) >= 11 is 0. The fourth-order valence-corrected chi connectivity index (χ4v) is 6.02. The summed E-state index contributed by atoms with van der Waals surface area (Å²) in [4.78, 5) is 40.4. The van der Waals surface area contributed by atoms with Crippen LogP contribution in [0.25, 0.3) is 0 Å². The summed E-state index contributed by atoms with van der Waals surface area (Å²) in [5, 5.41) is 19.5. The van der Waals surface area contributed by atoms with Crippen LogP contribution in [-0.2, 0) is 11.2 Å². The van der Waals surface area contributed by atoms with Crippen molar-refractivity contribution < 1.29 is 19.1 Å². The van der Waals surface area contributed by atoms with E-state index in [1.54, 1.807) is 42.2 Å².